The lowest BCUT2D eigenvalue weighted by molar-refractivity contribution is 0.0226. The molecule has 0 saturated carbocycles. The minimum atomic E-state index is 0.641. The molecule has 0 radical (unpaired) electrons. The zero-order chi connectivity index (χ0) is 12.7. The summed E-state index contributed by atoms with van der Waals surface area (Å²) in [6, 6.07) is 1.36. The van der Waals surface area contributed by atoms with E-state index in [1.807, 2.05) is 0 Å². The summed E-state index contributed by atoms with van der Waals surface area (Å²) in [5.74, 6) is 0.703. The van der Waals surface area contributed by atoms with E-state index in [4.69, 9.17) is 4.74 Å². The SMILES string of the molecule is CCCNCC(C)C(C)N(C)C1CCOCC1. The van der Waals surface area contributed by atoms with Gasteiger partial charge in [0.05, 0.1) is 0 Å². The third kappa shape index (κ3) is 4.94. The molecule has 1 N–H and O–H groups in total. The molecule has 1 rings (SSSR count). The van der Waals surface area contributed by atoms with Crippen LogP contribution in [0.3, 0.4) is 0 Å². The third-order valence-corrected chi connectivity index (χ3v) is 4.13. The molecular weight excluding hydrogens is 212 g/mol. The summed E-state index contributed by atoms with van der Waals surface area (Å²) in [6.07, 6.45) is 3.60. The molecule has 0 amide bonds. The van der Waals surface area contributed by atoms with Crippen molar-refractivity contribution >= 4 is 0 Å². The number of hydrogen-bond acceptors (Lipinski definition) is 3. The normalized spacial score (nSPS) is 21.7. The van der Waals surface area contributed by atoms with E-state index >= 15 is 0 Å². The van der Waals surface area contributed by atoms with E-state index < -0.39 is 0 Å². The van der Waals surface area contributed by atoms with Crippen LogP contribution in [0, 0.1) is 5.92 Å². The van der Waals surface area contributed by atoms with Crippen molar-refractivity contribution in [3.63, 3.8) is 0 Å². The number of ether oxygens (including phenoxy) is 1. The summed E-state index contributed by atoms with van der Waals surface area (Å²) < 4.78 is 5.43. The molecule has 2 unspecified atom stereocenters. The molecule has 0 aromatic carbocycles. The molecule has 3 heteroatoms. The third-order valence-electron chi connectivity index (χ3n) is 4.13. The van der Waals surface area contributed by atoms with Crippen LogP contribution in [0.5, 0.6) is 0 Å². The van der Waals surface area contributed by atoms with Gasteiger partial charge >= 0.3 is 0 Å². The standard InChI is InChI=1S/C14H30N2O/c1-5-8-15-11-12(2)13(3)16(4)14-6-9-17-10-7-14/h12-15H,5-11H2,1-4H3. The van der Waals surface area contributed by atoms with Gasteiger partial charge in [0.2, 0.25) is 0 Å². The molecule has 3 nitrogen and oxygen atoms in total. The molecule has 1 saturated heterocycles. The maximum atomic E-state index is 5.43. The van der Waals surface area contributed by atoms with E-state index in [1.54, 1.807) is 0 Å². The van der Waals surface area contributed by atoms with Crippen LogP contribution < -0.4 is 5.32 Å². The number of rotatable bonds is 7. The molecule has 1 fully saturated rings. The summed E-state index contributed by atoms with van der Waals surface area (Å²) >= 11 is 0. The highest BCUT2D eigenvalue weighted by atomic mass is 16.5. The molecule has 1 heterocycles. The first-order chi connectivity index (χ1) is 8.16. The van der Waals surface area contributed by atoms with Crippen molar-refractivity contribution in [1.82, 2.24) is 10.2 Å². The van der Waals surface area contributed by atoms with Gasteiger partial charge in [0.25, 0.3) is 0 Å². The zero-order valence-corrected chi connectivity index (χ0v) is 12.0. The topological polar surface area (TPSA) is 24.5 Å². The molecule has 2 atom stereocenters. The summed E-state index contributed by atoms with van der Waals surface area (Å²) in [5, 5.41) is 3.52. The molecule has 1 aliphatic heterocycles. The lowest BCUT2D eigenvalue weighted by Crippen LogP contribution is -2.46. The van der Waals surface area contributed by atoms with E-state index in [1.165, 1.54) is 19.3 Å². The minimum Gasteiger partial charge on any atom is -0.381 e. The van der Waals surface area contributed by atoms with Crippen molar-refractivity contribution in [2.24, 2.45) is 5.92 Å². The Hall–Kier alpha value is -0.120. The number of nitrogens with one attached hydrogen (secondary N) is 1. The smallest absolute Gasteiger partial charge is 0.0480 e. The van der Waals surface area contributed by atoms with Crippen LogP contribution in [-0.2, 0) is 4.74 Å². The molecule has 1 aliphatic rings. The lowest BCUT2D eigenvalue weighted by Gasteiger charge is -2.38. The van der Waals surface area contributed by atoms with E-state index in [2.05, 4.69) is 38.0 Å². The Morgan fingerprint density at radius 3 is 2.53 bits per heavy atom. The predicted octanol–water partition coefficient (Wildman–Crippen LogP) is 2.12. The molecule has 0 bridgehead atoms. The Bertz CT molecular complexity index is 193. The Labute approximate surface area is 107 Å². The molecule has 17 heavy (non-hydrogen) atoms. The fourth-order valence-corrected chi connectivity index (χ4v) is 2.50. The number of hydrogen-bond donors (Lipinski definition) is 1. The average molecular weight is 242 g/mol. The highest BCUT2D eigenvalue weighted by Gasteiger charge is 2.25. The van der Waals surface area contributed by atoms with Crippen molar-refractivity contribution in [2.75, 3.05) is 33.4 Å². The van der Waals surface area contributed by atoms with Gasteiger partial charge < -0.3 is 15.0 Å². The second kappa shape index (κ2) is 8.06. The molecule has 0 aromatic heterocycles. The summed E-state index contributed by atoms with van der Waals surface area (Å²) in [5.41, 5.74) is 0. The highest BCUT2D eigenvalue weighted by Crippen LogP contribution is 2.18. The lowest BCUT2D eigenvalue weighted by atomic mass is 9.98. The summed E-state index contributed by atoms with van der Waals surface area (Å²) in [4.78, 5) is 2.56. The zero-order valence-electron chi connectivity index (χ0n) is 12.0. The first-order valence-corrected chi connectivity index (χ1v) is 7.17. The minimum absolute atomic E-state index is 0.641. The molecule has 0 aromatic rings. The van der Waals surface area contributed by atoms with Crippen molar-refractivity contribution in [2.45, 2.75) is 52.1 Å². The van der Waals surface area contributed by atoms with Crippen molar-refractivity contribution in [1.29, 1.82) is 0 Å². The van der Waals surface area contributed by atoms with Gasteiger partial charge in [0, 0.05) is 25.3 Å². The van der Waals surface area contributed by atoms with Crippen molar-refractivity contribution < 1.29 is 4.74 Å². The maximum absolute atomic E-state index is 5.43. The van der Waals surface area contributed by atoms with Gasteiger partial charge in [-0.2, -0.15) is 0 Å². The van der Waals surface area contributed by atoms with Crippen molar-refractivity contribution in [3.05, 3.63) is 0 Å². The van der Waals surface area contributed by atoms with E-state index in [-0.39, 0.29) is 0 Å². The van der Waals surface area contributed by atoms with Crippen LogP contribution >= 0.6 is 0 Å². The van der Waals surface area contributed by atoms with Gasteiger partial charge in [-0.25, -0.2) is 0 Å². The Morgan fingerprint density at radius 2 is 1.94 bits per heavy atom. The van der Waals surface area contributed by atoms with Gasteiger partial charge in [-0.15, -0.1) is 0 Å². The van der Waals surface area contributed by atoms with Gasteiger partial charge in [-0.3, -0.25) is 0 Å². The van der Waals surface area contributed by atoms with Gasteiger partial charge in [-0.05, 0) is 52.2 Å². The first kappa shape index (κ1) is 14.9. The maximum Gasteiger partial charge on any atom is 0.0480 e. The second-order valence-electron chi connectivity index (χ2n) is 5.43. The van der Waals surface area contributed by atoms with Crippen LogP contribution in [0.25, 0.3) is 0 Å². The van der Waals surface area contributed by atoms with Crippen molar-refractivity contribution in [3.8, 4) is 0 Å². The fourth-order valence-electron chi connectivity index (χ4n) is 2.50. The first-order valence-electron chi connectivity index (χ1n) is 7.17. The average Bonchev–Trinajstić information content (AvgIpc) is 2.38. The fraction of sp³-hybridized carbons (Fsp3) is 1.00. The Kier molecular flexibility index (Phi) is 7.09. The van der Waals surface area contributed by atoms with Crippen LogP contribution in [0.1, 0.15) is 40.0 Å². The molecular formula is C14H30N2O. The summed E-state index contributed by atoms with van der Waals surface area (Å²) in [6.45, 7) is 11.1. The Balaban J connectivity index is 2.30. The van der Waals surface area contributed by atoms with Crippen LogP contribution in [0.2, 0.25) is 0 Å². The largest absolute Gasteiger partial charge is 0.381 e. The van der Waals surface area contributed by atoms with Crippen LogP contribution in [0.4, 0.5) is 0 Å². The van der Waals surface area contributed by atoms with E-state index in [9.17, 15) is 0 Å². The van der Waals surface area contributed by atoms with Gasteiger partial charge in [-0.1, -0.05) is 13.8 Å². The predicted molar refractivity (Wildman–Crippen MR) is 73.4 cm³/mol. The van der Waals surface area contributed by atoms with Gasteiger partial charge in [0.1, 0.15) is 0 Å². The molecule has 102 valence electrons. The molecule has 0 aliphatic carbocycles. The molecule has 0 spiro atoms. The monoisotopic (exact) mass is 242 g/mol. The quantitative estimate of drug-likeness (QED) is 0.692. The van der Waals surface area contributed by atoms with E-state index in [0.29, 0.717) is 18.0 Å². The Morgan fingerprint density at radius 1 is 1.29 bits per heavy atom. The summed E-state index contributed by atoms with van der Waals surface area (Å²) in [7, 11) is 2.27. The van der Waals surface area contributed by atoms with E-state index in [0.717, 1.165) is 26.3 Å². The van der Waals surface area contributed by atoms with Crippen LogP contribution in [-0.4, -0.2) is 50.3 Å². The van der Waals surface area contributed by atoms with Gasteiger partial charge in [0.15, 0.2) is 0 Å². The van der Waals surface area contributed by atoms with Crippen LogP contribution in [0.15, 0.2) is 0 Å². The highest BCUT2D eigenvalue weighted by molar-refractivity contribution is 4.79. The second-order valence-corrected chi connectivity index (χ2v) is 5.43. The number of nitrogens with zero attached hydrogens (tertiary/aromatic N) is 1.